The molecule has 0 spiro atoms. The number of amides is 3. The molecule has 0 aromatic heterocycles. The summed E-state index contributed by atoms with van der Waals surface area (Å²) in [6, 6.07) is 13.4. The summed E-state index contributed by atoms with van der Waals surface area (Å²) in [7, 11) is 0. The van der Waals surface area contributed by atoms with Crippen molar-refractivity contribution in [2.45, 2.75) is 45.1 Å². The fourth-order valence-electron chi connectivity index (χ4n) is 3.96. The van der Waals surface area contributed by atoms with Gasteiger partial charge < -0.3 is 16.0 Å². The third-order valence-electron chi connectivity index (χ3n) is 5.47. The van der Waals surface area contributed by atoms with Crippen LogP contribution < -0.4 is 16.4 Å². The molecule has 7 nitrogen and oxygen atoms in total. The molecule has 4 N–H and O–H groups in total. The van der Waals surface area contributed by atoms with E-state index in [1.165, 1.54) is 5.56 Å². The topological polar surface area (TPSA) is 105 Å². The van der Waals surface area contributed by atoms with Crippen molar-refractivity contribution in [3.63, 3.8) is 0 Å². The zero-order chi connectivity index (χ0) is 20.4. The summed E-state index contributed by atoms with van der Waals surface area (Å²) < 4.78 is 0. The highest BCUT2D eigenvalue weighted by molar-refractivity contribution is 6.05. The lowest BCUT2D eigenvalue weighted by Crippen LogP contribution is -2.52. The summed E-state index contributed by atoms with van der Waals surface area (Å²) in [4.78, 5) is 37.8. The Morgan fingerprint density at radius 2 is 1.79 bits per heavy atom. The molecule has 7 heteroatoms. The van der Waals surface area contributed by atoms with Crippen molar-refractivity contribution < 1.29 is 14.4 Å². The number of benzene rings is 2. The van der Waals surface area contributed by atoms with Gasteiger partial charge in [-0.2, -0.15) is 0 Å². The molecule has 0 radical (unpaired) electrons. The van der Waals surface area contributed by atoms with E-state index in [0.29, 0.717) is 31.6 Å². The van der Waals surface area contributed by atoms with E-state index >= 15 is 0 Å². The molecule has 2 aliphatic heterocycles. The SMILES string of the molecule is NCc1cccc(CNCc2ccc3c(c2)CN(C2CCC(=O)NC2=O)C3=O)c1. The number of nitrogens with zero attached hydrogens (tertiary/aromatic N) is 1. The minimum absolute atomic E-state index is 0.146. The molecule has 2 aromatic rings. The molecule has 0 aliphatic carbocycles. The van der Waals surface area contributed by atoms with Gasteiger partial charge in [0.2, 0.25) is 11.8 Å². The van der Waals surface area contributed by atoms with E-state index in [-0.39, 0.29) is 24.1 Å². The maximum Gasteiger partial charge on any atom is 0.255 e. The van der Waals surface area contributed by atoms with Crippen molar-refractivity contribution in [1.82, 2.24) is 15.5 Å². The van der Waals surface area contributed by atoms with E-state index in [9.17, 15) is 14.4 Å². The second-order valence-corrected chi connectivity index (χ2v) is 7.52. The Morgan fingerprint density at radius 1 is 1.03 bits per heavy atom. The third kappa shape index (κ3) is 4.06. The number of nitrogens with two attached hydrogens (primary N) is 1. The van der Waals surface area contributed by atoms with Gasteiger partial charge in [-0.3, -0.25) is 19.7 Å². The molecule has 2 aliphatic rings. The minimum atomic E-state index is -0.580. The Bertz CT molecular complexity index is 972. The quantitative estimate of drug-likeness (QED) is 0.641. The zero-order valence-electron chi connectivity index (χ0n) is 16.1. The number of imide groups is 1. The van der Waals surface area contributed by atoms with Crippen LogP contribution in [0.4, 0.5) is 0 Å². The van der Waals surface area contributed by atoms with Crippen LogP contribution in [0.1, 0.15) is 45.5 Å². The van der Waals surface area contributed by atoms with E-state index in [2.05, 4.69) is 22.8 Å². The number of piperidine rings is 1. The van der Waals surface area contributed by atoms with Crippen LogP contribution in [-0.2, 0) is 35.8 Å². The van der Waals surface area contributed by atoms with E-state index in [0.717, 1.165) is 23.2 Å². The lowest BCUT2D eigenvalue weighted by molar-refractivity contribution is -0.136. The predicted molar refractivity (Wildman–Crippen MR) is 107 cm³/mol. The normalized spacial score (nSPS) is 18.7. The summed E-state index contributed by atoms with van der Waals surface area (Å²) >= 11 is 0. The van der Waals surface area contributed by atoms with Gasteiger partial charge in [-0.15, -0.1) is 0 Å². The molecule has 0 bridgehead atoms. The number of fused-ring (bicyclic) bond motifs is 1. The first kappa shape index (κ1) is 19.3. The summed E-state index contributed by atoms with van der Waals surface area (Å²) in [6.45, 7) is 2.32. The average Bonchev–Trinajstić information content (AvgIpc) is 3.04. The maximum atomic E-state index is 12.7. The highest BCUT2D eigenvalue weighted by Crippen LogP contribution is 2.28. The first-order chi connectivity index (χ1) is 14.0. The molecule has 2 aromatic carbocycles. The Morgan fingerprint density at radius 3 is 2.55 bits per heavy atom. The van der Waals surface area contributed by atoms with E-state index in [4.69, 9.17) is 5.73 Å². The van der Waals surface area contributed by atoms with Crippen molar-refractivity contribution in [2.24, 2.45) is 5.73 Å². The summed E-state index contributed by atoms with van der Waals surface area (Å²) in [5, 5.41) is 5.74. The van der Waals surface area contributed by atoms with Gasteiger partial charge in [-0.25, -0.2) is 0 Å². The molecular weight excluding hydrogens is 368 g/mol. The van der Waals surface area contributed by atoms with Crippen LogP contribution in [-0.4, -0.2) is 28.7 Å². The maximum absolute atomic E-state index is 12.7. The molecule has 1 fully saturated rings. The van der Waals surface area contributed by atoms with Crippen molar-refractivity contribution in [2.75, 3.05) is 0 Å². The Kier molecular flexibility index (Phi) is 5.42. The highest BCUT2D eigenvalue weighted by atomic mass is 16.2. The number of hydrogen-bond donors (Lipinski definition) is 3. The van der Waals surface area contributed by atoms with Crippen molar-refractivity contribution in [1.29, 1.82) is 0 Å². The van der Waals surface area contributed by atoms with Gasteiger partial charge >= 0.3 is 0 Å². The Balaban J connectivity index is 1.39. The van der Waals surface area contributed by atoms with E-state index < -0.39 is 6.04 Å². The highest BCUT2D eigenvalue weighted by Gasteiger charge is 2.38. The van der Waals surface area contributed by atoms with Crippen LogP contribution in [0, 0.1) is 0 Å². The van der Waals surface area contributed by atoms with Gasteiger partial charge in [-0.05, 0) is 34.7 Å². The minimum Gasteiger partial charge on any atom is -0.326 e. The van der Waals surface area contributed by atoms with Crippen LogP contribution >= 0.6 is 0 Å². The lowest BCUT2D eigenvalue weighted by atomic mass is 10.0. The average molecular weight is 392 g/mol. The van der Waals surface area contributed by atoms with Gasteiger partial charge in [0.05, 0.1) is 0 Å². The van der Waals surface area contributed by atoms with Crippen molar-refractivity contribution in [3.8, 4) is 0 Å². The second kappa shape index (κ2) is 8.14. The molecule has 29 heavy (non-hydrogen) atoms. The fraction of sp³-hybridized carbons (Fsp3) is 0.318. The third-order valence-corrected chi connectivity index (χ3v) is 5.47. The van der Waals surface area contributed by atoms with Crippen LogP contribution in [0.15, 0.2) is 42.5 Å². The second-order valence-electron chi connectivity index (χ2n) is 7.52. The fourth-order valence-corrected chi connectivity index (χ4v) is 3.96. The molecule has 150 valence electrons. The molecule has 1 unspecified atom stereocenters. The van der Waals surface area contributed by atoms with Crippen LogP contribution in [0.25, 0.3) is 0 Å². The van der Waals surface area contributed by atoms with Crippen LogP contribution in [0.2, 0.25) is 0 Å². The monoisotopic (exact) mass is 392 g/mol. The van der Waals surface area contributed by atoms with E-state index in [1.807, 2.05) is 30.3 Å². The molecule has 1 atom stereocenters. The first-order valence-corrected chi connectivity index (χ1v) is 9.80. The molecule has 2 heterocycles. The van der Waals surface area contributed by atoms with Gasteiger partial charge in [0.25, 0.3) is 5.91 Å². The molecule has 0 saturated carbocycles. The number of hydrogen-bond acceptors (Lipinski definition) is 5. The van der Waals surface area contributed by atoms with Gasteiger partial charge in [0.1, 0.15) is 6.04 Å². The zero-order valence-corrected chi connectivity index (χ0v) is 16.1. The first-order valence-electron chi connectivity index (χ1n) is 9.80. The molecule has 1 saturated heterocycles. The number of rotatable bonds is 6. The lowest BCUT2D eigenvalue weighted by Gasteiger charge is -2.29. The molecular formula is C22H24N4O3. The Hall–Kier alpha value is -3.03. The summed E-state index contributed by atoms with van der Waals surface area (Å²) in [6.07, 6.45) is 0.637. The predicted octanol–water partition coefficient (Wildman–Crippen LogP) is 1.20. The number of carbonyl (C=O) groups excluding carboxylic acids is 3. The largest absolute Gasteiger partial charge is 0.326 e. The Labute approximate surface area is 169 Å². The molecule has 4 rings (SSSR count). The van der Waals surface area contributed by atoms with Gasteiger partial charge in [0.15, 0.2) is 0 Å². The standard InChI is InChI=1S/C22H24N4O3/c23-10-14-2-1-3-15(8-14)11-24-12-16-4-5-18-17(9-16)13-26(22(18)29)19-6-7-20(27)25-21(19)28/h1-5,8-9,19,24H,6-7,10-13,23H2,(H,25,27,28). The number of carbonyl (C=O) groups is 3. The van der Waals surface area contributed by atoms with E-state index in [1.54, 1.807) is 4.90 Å². The smallest absolute Gasteiger partial charge is 0.255 e. The van der Waals surface area contributed by atoms with Gasteiger partial charge in [0, 0.05) is 38.2 Å². The van der Waals surface area contributed by atoms with Gasteiger partial charge in [-0.1, -0.05) is 36.4 Å². The van der Waals surface area contributed by atoms with Crippen LogP contribution in [0.5, 0.6) is 0 Å². The molecule has 3 amide bonds. The van der Waals surface area contributed by atoms with Crippen molar-refractivity contribution in [3.05, 3.63) is 70.3 Å². The summed E-state index contributed by atoms with van der Waals surface area (Å²) in [5.41, 5.74) is 10.6. The summed E-state index contributed by atoms with van der Waals surface area (Å²) in [5.74, 6) is -0.808. The van der Waals surface area contributed by atoms with Crippen molar-refractivity contribution >= 4 is 17.7 Å². The van der Waals surface area contributed by atoms with Crippen LogP contribution in [0.3, 0.4) is 0 Å². The number of nitrogens with one attached hydrogen (secondary N) is 2.